The van der Waals surface area contributed by atoms with E-state index in [2.05, 4.69) is 17.3 Å². The number of amides is 1. The second-order valence-corrected chi connectivity index (χ2v) is 6.45. The van der Waals surface area contributed by atoms with Crippen LogP contribution in [0.5, 0.6) is 0 Å². The normalized spacial score (nSPS) is 21.0. The number of hydrogen-bond acceptors (Lipinski definition) is 4. The predicted molar refractivity (Wildman–Crippen MR) is 90.6 cm³/mol. The van der Waals surface area contributed by atoms with Crippen molar-refractivity contribution in [2.75, 3.05) is 13.1 Å². The van der Waals surface area contributed by atoms with Crippen LogP contribution in [-0.4, -0.2) is 35.2 Å². The Morgan fingerprint density at radius 1 is 1.25 bits per heavy atom. The van der Waals surface area contributed by atoms with E-state index in [0.29, 0.717) is 25.9 Å². The molecule has 1 aliphatic heterocycles. The molecule has 0 N–H and O–H groups in total. The van der Waals surface area contributed by atoms with Gasteiger partial charge in [-0.05, 0) is 32.8 Å². The van der Waals surface area contributed by atoms with E-state index >= 15 is 0 Å². The molecule has 0 radical (unpaired) electrons. The molecular weight excluding hydrogens is 304 g/mol. The molecule has 24 heavy (non-hydrogen) atoms. The first kappa shape index (κ1) is 16.7. The van der Waals surface area contributed by atoms with Crippen LogP contribution in [0, 0.1) is 13.8 Å². The van der Waals surface area contributed by atoms with Crippen molar-refractivity contribution in [1.29, 1.82) is 0 Å². The Hall–Kier alpha value is -2.14. The Balaban J connectivity index is 1.64. The molecule has 2 atom stereocenters. The van der Waals surface area contributed by atoms with Crippen molar-refractivity contribution in [3.05, 3.63) is 52.9 Å². The summed E-state index contributed by atoms with van der Waals surface area (Å²) in [6.07, 6.45) is 1.11. The summed E-state index contributed by atoms with van der Waals surface area (Å²) in [7, 11) is 0. The fourth-order valence-electron chi connectivity index (χ4n) is 3.26. The number of morpholine rings is 1. The average molecular weight is 328 g/mol. The van der Waals surface area contributed by atoms with E-state index in [0.717, 1.165) is 22.6 Å². The molecule has 128 valence electrons. The molecule has 5 heteroatoms. The van der Waals surface area contributed by atoms with Crippen LogP contribution in [0.1, 0.15) is 42.0 Å². The number of aromatic nitrogens is 1. The van der Waals surface area contributed by atoms with Gasteiger partial charge in [0.15, 0.2) is 0 Å². The first-order chi connectivity index (χ1) is 11.5. The molecule has 2 heterocycles. The third kappa shape index (κ3) is 3.67. The molecule has 0 aliphatic carbocycles. The van der Waals surface area contributed by atoms with Gasteiger partial charge in [-0.15, -0.1) is 0 Å². The maximum atomic E-state index is 12.7. The van der Waals surface area contributed by atoms with E-state index in [1.165, 1.54) is 0 Å². The number of carbonyl (C=O) groups is 1. The van der Waals surface area contributed by atoms with Crippen molar-refractivity contribution in [2.45, 2.75) is 45.8 Å². The monoisotopic (exact) mass is 328 g/mol. The number of carbonyl (C=O) groups excluding carboxylic acids is 1. The van der Waals surface area contributed by atoms with Gasteiger partial charge < -0.3 is 14.2 Å². The zero-order valence-corrected chi connectivity index (χ0v) is 14.5. The summed E-state index contributed by atoms with van der Waals surface area (Å²) in [5.41, 5.74) is 3.04. The van der Waals surface area contributed by atoms with E-state index in [1.807, 2.05) is 43.9 Å². The molecule has 0 saturated carbocycles. The number of rotatable bonds is 4. The quantitative estimate of drug-likeness (QED) is 0.865. The second kappa shape index (κ2) is 7.18. The summed E-state index contributed by atoms with van der Waals surface area (Å²) >= 11 is 0. The third-order valence-electron chi connectivity index (χ3n) is 4.55. The van der Waals surface area contributed by atoms with Gasteiger partial charge in [-0.1, -0.05) is 35.5 Å². The Labute approximate surface area is 142 Å². The van der Waals surface area contributed by atoms with Crippen LogP contribution < -0.4 is 0 Å². The molecule has 1 aliphatic rings. The van der Waals surface area contributed by atoms with Crippen molar-refractivity contribution in [3.63, 3.8) is 0 Å². The summed E-state index contributed by atoms with van der Waals surface area (Å²) in [5.74, 6) is 0.962. The average Bonchev–Trinajstić information content (AvgIpc) is 2.91. The van der Waals surface area contributed by atoms with E-state index < -0.39 is 0 Å². The van der Waals surface area contributed by atoms with Crippen molar-refractivity contribution >= 4 is 5.91 Å². The highest BCUT2D eigenvalue weighted by atomic mass is 16.5. The molecular formula is C19H24N2O3. The lowest BCUT2D eigenvalue weighted by atomic mass is 10.0. The standard InChI is InChI=1S/C19H24N2O3/c1-13-11-21(12-18(23-13)16-7-5-4-6-8-16)19(22)10-9-17-14(2)20-24-15(17)3/h4-8,13,18H,9-12H2,1-3H3. The van der Waals surface area contributed by atoms with Crippen molar-refractivity contribution < 1.29 is 14.1 Å². The molecule has 1 aromatic heterocycles. The zero-order valence-electron chi connectivity index (χ0n) is 14.5. The smallest absolute Gasteiger partial charge is 0.223 e. The van der Waals surface area contributed by atoms with Gasteiger partial charge in [-0.2, -0.15) is 0 Å². The lowest BCUT2D eigenvalue weighted by molar-refractivity contribution is -0.144. The summed E-state index contributed by atoms with van der Waals surface area (Å²) in [5, 5.41) is 3.95. The molecule has 3 rings (SSSR count). The minimum absolute atomic E-state index is 0.0342. The second-order valence-electron chi connectivity index (χ2n) is 6.45. The number of aryl methyl sites for hydroxylation is 2. The van der Waals surface area contributed by atoms with Gasteiger partial charge in [0, 0.05) is 18.5 Å². The minimum atomic E-state index is -0.0574. The first-order valence-electron chi connectivity index (χ1n) is 8.44. The summed E-state index contributed by atoms with van der Waals surface area (Å²) in [4.78, 5) is 14.6. The molecule has 5 nitrogen and oxygen atoms in total. The fraction of sp³-hybridized carbons (Fsp3) is 0.474. The molecule has 1 aromatic carbocycles. The van der Waals surface area contributed by atoms with Crippen LogP contribution in [-0.2, 0) is 16.0 Å². The molecule has 2 unspecified atom stereocenters. The van der Waals surface area contributed by atoms with Gasteiger partial charge in [0.05, 0.1) is 18.3 Å². The Kier molecular flexibility index (Phi) is 5.00. The summed E-state index contributed by atoms with van der Waals surface area (Å²) in [6.45, 7) is 7.07. The minimum Gasteiger partial charge on any atom is -0.367 e. The molecule has 1 saturated heterocycles. The highest BCUT2D eigenvalue weighted by Gasteiger charge is 2.29. The number of hydrogen-bond donors (Lipinski definition) is 0. The molecule has 0 bridgehead atoms. The summed E-state index contributed by atoms with van der Waals surface area (Å²) < 4.78 is 11.2. The Morgan fingerprint density at radius 3 is 2.67 bits per heavy atom. The molecule has 1 fully saturated rings. The maximum absolute atomic E-state index is 12.7. The van der Waals surface area contributed by atoms with Crippen LogP contribution in [0.25, 0.3) is 0 Å². The largest absolute Gasteiger partial charge is 0.367 e. The third-order valence-corrected chi connectivity index (χ3v) is 4.55. The lowest BCUT2D eigenvalue weighted by Gasteiger charge is -2.37. The highest BCUT2D eigenvalue weighted by Crippen LogP contribution is 2.26. The highest BCUT2D eigenvalue weighted by molar-refractivity contribution is 5.76. The van der Waals surface area contributed by atoms with E-state index in [4.69, 9.17) is 9.26 Å². The predicted octanol–water partition coefficient (Wildman–Crippen LogP) is 3.21. The first-order valence-corrected chi connectivity index (χ1v) is 8.44. The summed E-state index contributed by atoms with van der Waals surface area (Å²) in [6, 6.07) is 10.1. The SMILES string of the molecule is Cc1noc(C)c1CCC(=O)N1CC(C)OC(c2ccccc2)C1. The molecule has 1 amide bonds. The van der Waals surface area contributed by atoms with Crippen LogP contribution in [0.4, 0.5) is 0 Å². The van der Waals surface area contributed by atoms with E-state index in [-0.39, 0.29) is 18.1 Å². The van der Waals surface area contributed by atoms with Gasteiger partial charge in [-0.3, -0.25) is 4.79 Å². The Bertz CT molecular complexity index is 676. The van der Waals surface area contributed by atoms with Crippen LogP contribution in [0.3, 0.4) is 0 Å². The van der Waals surface area contributed by atoms with E-state index in [1.54, 1.807) is 0 Å². The molecule has 2 aromatic rings. The van der Waals surface area contributed by atoms with Gasteiger partial charge in [-0.25, -0.2) is 0 Å². The molecule has 0 spiro atoms. The van der Waals surface area contributed by atoms with Crippen LogP contribution in [0.2, 0.25) is 0 Å². The maximum Gasteiger partial charge on any atom is 0.223 e. The van der Waals surface area contributed by atoms with Gasteiger partial charge in [0.1, 0.15) is 11.9 Å². The number of benzene rings is 1. The van der Waals surface area contributed by atoms with E-state index in [9.17, 15) is 4.79 Å². The van der Waals surface area contributed by atoms with Crippen LogP contribution >= 0.6 is 0 Å². The van der Waals surface area contributed by atoms with Crippen molar-refractivity contribution in [3.8, 4) is 0 Å². The lowest BCUT2D eigenvalue weighted by Crippen LogP contribution is -2.46. The topological polar surface area (TPSA) is 55.6 Å². The van der Waals surface area contributed by atoms with Gasteiger partial charge in [0.25, 0.3) is 0 Å². The fourth-order valence-corrected chi connectivity index (χ4v) is 3.26. The number of nitrogens with zero attached hydrogens (tertiary/aromatic N) is 2. The van der Waals surface area contributed by atoms with Gasteiger partial charge in [0.2, 0.25) is 5.91 Å². The number of ether oxygens (including phenoxy) is 1. The van der Waals surface area contributed by atoms with Crippen molar-refractivity contribution in [1.82, 2.24) is 10.1 Å². The Morgan fingerprint density at radius 2 is 2.00 bits per heavy atom. The zero-order chi connectivity index (χ0) is 17.1. The van der Waals surface area contributed by atoms with Crippen LogP contribution in [0.15, 0.2) is 34.9 Å². The van der Waals surface area contributed by atoms with Crippen molar-refractivity contribution in [2.24, 2.45) is 0 Å². The van der Waals surface area contributed by atoms with Gasteiger partial charge >= 0.3 is 0 Å².